The number of halogens is 4. The maximum absolute atomic E-state index is 13.6. The Kier molecular flexibility index (Phi) is 4.82. The van der Waals surface area contributed by atoms with Crippen molar-refractivity contribution in [1.29, 1.82) is 5.26 Å². The molecule has 0 fully saturated rings. The van der Waals surface area contributed by atoms with E-state index in [0.717, 1.165) is 9.15 Å². The summed E-state index contributed by atoms with van der Waals surface area (Å²) in [4.78, 5) is 0. The van der Waals surface area contributed by atoms with Gasteiger partial charge in [0.15, 0.2) is 0 Å². The van der Waals surface area contributed by atoms with E-state index in [2.05, 4.69) is 21.0 Å². The minimum atomic E-state index is -4.55. The highest BCUT2D eigenvalue weighted by molar-refractivity contribution is 9.10. The topological polar surface area (TPSA) is 67.6 Å². The van der Waals surface area contributed by atoms with E-state index in [0.29, 0.717) is 5.56 Å². The van der Waals surface area contributed by atoms with E-state index >= 15 is 0 Å². The zero-order valence-corrected chi connectivity index (χ0v) is 14.9. The Morgan fingerprint density at radius 3 is 2.17 bits per heavy atom. The zero-order chi connectivity index (χ0) is 18.3. The second kappa shape index (κ2) is 6.24. The number of alkyl halides is 3. The lowest BCUT2D eigenvalue weighted by Gasteiger charge is -2.33. The van der Waals surface area contributed by atoms with Crippen molar-refractivity contribution < 1.29 is 13.2 Å². The quantitative estimate of drug-likeness (QED) is 0.785. The van der Waals surface area contributed by atoms with Gasteiger partial charge in [-0.1, -0.05) is 33.2 Å². The van der Waals surface area contributed by atoms with Crippen LogP contribution in [-0.2, 0) is 0 Å². The third-order valence-corrected chi connectivity index (χ3v) is 4.08. The highest BCUT2D eigenvalue weighted by Gasteiger charge is 2.49. The first-order chi connectivity index (χ1) is 11.0. The van der Waals surface area contributed by atoms with Gasteiger partial charge in [0.2, 0.25) is 0 Å². The van der Waals surface area contributed by atoms with Crippen LogP contribution in [0.5, 0.6) is 0 Å². The molecule has 0 aliphatic heterocycles. The SMILES string of the molecule is BC(B)(B)C(n1nc(-c2ccc(Br)cc2)c(C#N)c1N)C(F)(F)F. The van der Waals surface area contributed by atoms with Crippen molar-refractivity contribution >= 4 is 45.3 Å². The summed E-state index contributed by atoms with van der Waals surface area (Å²) in [7, 11) is 4.37. The van der Waals surface area contributed by atoms with E-state index in [1.807, 2.05) is 6.07 Å². The number of nitriles is 1. The summed E-state index contributed by atoms with van der Waals surface area (Å²) in [6, 6.07) is 6.69. The second-order valence-corrected chi connectivity index (χ2v) is 7.40. The van der Waals surface area contributed by atoms with Gasteiger partial charge < -0.3 is 5.73 Å². The molecule has 2 rings (SSSR count). The normalized spacial score (nSPS) is 13.5. The smallest absolute Gasteiger partial charge is 0.383 e. The Bertz CT molecular complexity index is 777. The average molecular weight is 395 g/mol. The number of hydrogen-bond donors (Lipinski definition) is 1. The van der Waals surface area contributed by atoms with Crippen molar-refractivity contribution in [3.8, 4) is 17.3 Å². The van der Waals surface area contributed by atoms with E-state index in [1.54, 1.807) is 24.3 Å². The molecule has 2 N–H and O–H groups in total. The van der Waals surface area contributed by atoms with Gasteiger partial charge in [-0.2, -0.15) is 23.5 Å². The largest absolute Gasteiger partial charge is 0.409 e. The van der Waals surface area contributed by atoms with Crippen molar-refractivity contribution in [2.24, 2.45) is 0 Å². The first-order valence-corrected chi connectivity index (χ1v) is 7.87. The summed E-state index contributed by atoms with van der Waals surface area (Å²) in [6.45, 7) is 0. The number of aromatic nitrogens is 2. The molecule has 1 aromatic carbocycles. The fraction of sp³-hybridized carbons (Fsp3) is 0.231. The number of nitrogen functional groups attached to an aromatic ring is 1. The van der Waals surface area contributed by atoms with Crippen LogP contribution in [-0.4, -0.2) is 39.5 Å². The minimum Gasteiger partial charge on any atom is -0.383 e. The van der Waals surface area contributed by atoms with E-state index in [-0.39, 0.29) is 17.1 Å². The number of rotatable bonds is 3. The number of hydrogen-bond acceptors (Lipinski definition) is 3. The second-order valence-electron chi connectivity index (χ2n) is 6.48. The number of benzene rings is 1. The standard InChI is InChI=1S/C13H13B3BrF3N4/c14-12(15,16)11(13(18,19)20)24-10(22)8(5-21)9(23-24)6-1-3-7(17)4-2-6/h1-4,11H,14-16,22H2. The molecule has 0 saturated heterocycles. The molecule has 0 spiro atoms. The van der Waals surface area contributed by atoms with E-state index < -0.39 is 17.3 Å². The molecule has 0 aliphatic rings. The summed E-state index contributed by atoms with van der Waals surface area (Å²) in [5.74, 6) is -0.285. The molecule has 0 amide bonds. The van der Waals surface area contributed by atoms with Gasteiger partial charge in [0.1, 0.15) is 29.2 Å². The minimum absolute atomic E-state index is 0.0594. The Balaban J connectivity index is 2.69. The highest BCUT2D eigenvalue weighted by Crippen LogP contribution is 2.45. The van der Waals surface area contributed by atoms with Crippen molar-refractivity contribution in [3.63, 3.8) is 0 Å². The summed E-state index contributed by atoms with van der Waals surface area (Å²) >= 11 is 3.28. The molecule has 24 heavy (non-hydrogen) atoms. The summed E-state index contributed by atoms with van der Waals surface area (Å²) in [5, 5.41) is 12.2. The summed E-state index contributed by atoms with van der Waals surface area (Å²) in [5.41, 5.74) is 6.45. The van der Waals surface area contributed by atoms with Crippen LogP contribution in [0, 0.1) is 11.3 Å². The molecule has 0 aliphatic carbocycles. The molecule has 122 valence electrons. The van der Waals surface area contributed by atoms with Crippen LogP contribution >= 0.6 is 15.9 Å². The van der Waals surface area contributed by atoms with Gasteiger partial charge in [-0.25, -0.2) is 4.68 Å². The van der Waals surface area contributed by atoms with E-state index in [4.69, 9.17) is 5.73 Å². The molecule has 1 atom stereocenters. The number of anilines is 1. The molecular formula is C13H13B3BrF3N4. The molecule has 11 heteroatoms. The van der Waals surface area contributed by atoms with Gasteiger partial charge in [0.25, 0.3) is 0 Å². The van der Waals surface area contributed by atoms with Crippen molar-refractivity contribution in [1.82, 2.24) is 9.78 Å². The van der Waals surface area contributed by atoms with Gasteiger partial charge in [0, 0.05) is 10.0 Å². The van der Waals surface area contributed by atoms with E-state index in [9.17, 15) is 18.4 Å². The van der Waals surface area contributed by atoms with Gasteiger partial charge in [-0.3, -0.25) is 0 Å². The fourth-order valence-electron chi connectivity index (χ4n) is 2.56. The Morgan fingerprint density at radius 1 is 1.21 bits per heavy atom. The lowest BCUT2D eigenvalue weighted by molar-refractivity contribution is -0.169. The fourth-order valence-corrected chi connectivity index (χ4v) is 2.83. The molecule has 1 aromatic heterocycles. The van der Waals surface area contributed by atoms with Crippen LogP contribution in [0.3, 0.4) is 0 Å². The Labute approximate surface area is 148 Å². The molecule has 1 unspecified atom stereocenters. The lowest BCUT2D eigenvalue weighted by atomic mass is 9.39. The molecule has 0 saturated carbocycles. The van der Waals surface area contributed by atoms with Gasteiger partial charge in [-0.05, 0) is 12.1 Å². The molecule has 4 nitrogen and oxygen atoms in total. The highest BCUT2D eigenvalue weighted by atomic mass is 79.9. The summed E-state index contributed by atoms with van der Waals surface area (Å²) < 4.78 is 42.3. The van der Waals surface area contributed by atoms with Crippen LogP contribution in [0.4, 0.5) is 19.0 Å². The van der Waals surface area contributed by atoms with Crippen LogP contribution in [0.15, 0.2) is 28.7 Å². The first kappa shape index (κ1) is 18.5. The Hall–Kier alpha value is -1.82. The van der Waals surface area contributed by atoms with E-state index in [1.165, 1.54) is 23.5 Å². The summed E-state index contributed by atoms with van der Waals surface area (Å²) in [6.07, 6.45) is -4.55. The Morgan fingerprint density at radius 2 is 1.75 bits per heavy atom. The van der Waals surface area contributed by atoms with Crippen LogP contribution in [0.1, 0.15) is 11.6 Å². The zero-order valence-electron chi connectivity index (χ0n) is 13.3. The van der Waals surface area contributed by atoms with Gasteiger partial charge >= 0.3 is 6.18 Å². The molecule has 0 radical (unpaired) electrons. The maximum atomic E-state index is 13.6. The third-order valence-electron chi connectivity index (χ3n) is 3.55. The number of nitrogens with two attached hydrogens (primary N) is 1. The maximum Gasteiger partial charge on any atom is 0.409 e. The van der Waals surface area contributed by atoms with Crippen molar-refractivity contribution in [3.05, 3.63) is 34.3 Å². The van der Waals surface area contributed by atoms with Crippen LogP contribution in [0.25, 0.3) is 11.3 Å². The molecule has 2 aromatic rings. The van der Waals surface area contributed by atoms with Gasteiger partial charge in [0.05, 0.1) is 23.5 Å². The third kappa shape index (κ3) is 3.48. The monoisotopic (exact) mass is 394 g/mol. The molecule has 0 bridgehead atoms. The lowest BCUT2D eigenvalue weighted by Crippen LogP contribution is -2.39. The predicted octanol–water partition coefficient (Wildman–Crippen LogP) is 0.843. The van der Waals surface area contributed by atoms with Crippen LogP contribution in [0.2, 0.25) is 5.11 Å². The van der Waals surface area contributed by atoms with Crippen LogP contribution < -0.4 is 5.73 Å². The van der Waals surface area contributed by atoms with Crippen molar-refractivity contribution in [2.45, 2.75) is 17.3 Å². The number of nitrogens with zero attached hydrogens (tertiary/aromatic N) is 3. The molecular weight excluding hydrogens is 382 g/mol. The molecule has 1 heterocycles. The first-order valence-electron chi connectivity index (χ1n) is 7.07. The van der Waals surface area contributed by atoms with Crippen molar-refractivity contribution in [2.75, 3.05) is 5.73 Å². The predicted molar refractivity (Wildman–Crippen MR) is 97.9 cm³/mol. The van der Waals surface area contributed by atoms with Gasteiger partial charge in [-0.15, -0.1) is 0 Å². The average Bonchev–Trinajstić information content (AvgIpc) is 2.73.